The number of carbonyl (C=O) groups excluding carboxylic acids is 1. The molecule has 1 aliphatic rings. The highest BCUT2D eigenvalue weighted by molar-refractivity contribution is 5.74. The zero-order valence-corrected chi connectivity index (χ0v) is 4.79. The standard InChI is InChI=1S/C6H8O2/c1-5-3-2-4-8-6(5)7/h2,4-5H,3H2,1H3/p+1. The van der Waals surface area contributed by atoms with Crippen molar-refractivity contribution < 1.29 is 9.53 Å². The molecule has 0 aromatic rings. The third kappa shape index (κ3) is 0.886. The average Bonchev–Trinajstić information content (AvgIpc) is 1.77. The van der Waals surface area contributed by atoms with Crippen molar-refractivity contribution in [2.24, 2.45) is 5.92 Å². The minimum Gasteiger partial charge on any atom is -0.338 e. The minimum atomic E-state index is 0.132. The summed E-state index contributed by atoms with van der Waals surface area (Å²) in [7, 11) is 0. The average molecular weight is 113 g/mol. The molecular weight excluding hydrogens is 104 g/mol. The van der Waals surface area contributed by atoms with Gasteiger partial charge in [0, 0.05) is 0 Å². The lowest BCUT2D eigenvalue weighted by molar-refractivity contribution is 0.347. The van der Waals surface area contributed by atoms with E-state index in [0.717, 1.165) is 6.42 Å². The zero-order chi connectivity index (χ0) is 5.98. The van der Waals surface area contributed by atoms with Crippen LogP contribution in [0.4, 0.5) is 0 Å². The Morgan fingerprint density at radius 1 is 1.88 bits per heavy atom. The number of cyclic esters (lactones) is 1. The molecule has 0 spiro atoms. The summed E-state index contributed by atoms with van der Waals surface area (Å²) in [6.07, 6.45) is 4.28. The first-order chi connectivity index (χ1) is 3.80. The molecule has 0 aliphatic carbocycles. The van der Waals surface area contributed by atoms with E-state index < -0.39 is 0 Å². The summed E-state index contributed by atoms with van der Waals surface area (Å²) in [6, 6.07) is 0. The van der Waals surface area contributed by atoms with Gasteiger partial charge < -0.3 is 4.79 Å². The fraction of sp³-hybridized carbons (Fsp3) is 0.500. The molecule has 1 rings (SSSR count). The Hall–Kier alpha value is -0.790. The molecule has 1 aliphatic heterocycles. The van der Waals surface area contributed by atoms with Gasteiger partial charge in [-0.05, 0) is 19.4 Å². The van der Waals surface area contributed by atoms with Crippen molar-refractivity contribution in [3.8, 4) is 0 Å². The van der Waals surface area contributed by atoms with Gasteiger partial charge in [0.1, 0.15) is 5.92 Å². The van der Waals surface area contributed by atoms with Crippen LogP contribution in [0.25, 0.3) is 0 Å². The Kier molecular flexibility index (Phi) is 1.33. The zero-order valence-electron chi connectivity index (χ0n) is 4.79. The first-order valence-electron chi connectivity index (χ1n) is 2.68. The summed E-state index contributed by atoms with van der Waals surface area (Å²) in [4.78, 5) is 8.82. The second kappa shape index (κ2) is 1.99. The number of ether oxygens (including phenoxy) is 1. The maximum atomic E-state index is 8.82. The lowest BCUT2D eigenvalue weighted by Crippen LogP contribution is -2.14. The van der Waals surface area contributed by atoms with Gasteiger partial charge in [0.25, 0.3) is 0 Å². The van der Waals surface area contributed by atoms with Crippen LogP contribution in [0.3, 0.4) is 0 Å². The van der Waals surface area contributed by atoms with Gasteiger partial charge in [0.2, 0.25) is 6.26 Å². The Morgan fingerprint density at radius 2 is 2.62 bits per heavy atom. The summed E-state index contributed by atoms with van der Waals surface area (Å²) in [5, 5.41) is 0. The molecule has 2 heteroatoms. The molecule has 0 fully saturated rings. The van der Waals surface area contributed by atoms with Gasteiger partial charge in [0.05, 0.1) is 0 Å². The summed E-state index contributed by atoms with van der Waals surface area (Å²) in [5.41, 5.74) is 0. The molecule has 44 valence electrons. The Labute approximate surface area is 48.1 Å². The van der Waals surface area contributed by atoms with E-state index in [1.807, 2.05) is 13.0 Å². The Morgan fingerprint density at radius 3 is 3.00 bits per heavy atom. The third-order valence-electron chi connectivity index (χ3n) is 1.20. The highest BCUT2D eigenvalue weighted by Gasteiger charge is 2.23. The molecule has 0 aromatic carbocycles. The molecule has 0 aromatic heterocycles. The first-order valence-corrected chi connectivity index (χ1v) is 2.68. The van der Waals surface area contributed by atoms with Crippen molar-refractivity contribution in [1.29, 1.82) is 0 Å². The van der Waals surface area contributed by atoms with E-state index in [0.29, 0.717) is 0 Å². The number of rotatable bonds is 0. The normalized spacial score (nSPS) is 27.6. The van der Waals surface area contributed by atoms with E-state index in [1.165, 1.54) is 6.26 Å². The van der Waals surface area contributed by atoms with Gasteiger partial charge in [-0.2, -0.15) is 0 Å². The van der Waals surface area contributed by atoms with Crippen LogP contribution in [-0.2, 0) is 4.74 Å². The van der Waals surface area contributed by atoms with Gasteiger partial charge in [-0.3, -0.25) is 4.74 Å². The van der Waals surface area contributed by atoms with E-state index in [9.17, 15) is 0 Å². The van der Waals surface area contributed by atoms with Crippen molar-refractivity contribution >= 4 is 5.97 Å². The molecule has 8 heavy (non-hydrogen) atoms. The van der Waals surface area contributed by atoms with Crippen LogP contribution in [0.2, 0.25) is 0 Å². The number of hydrogen-bond donors (Lipinski definition) is 0. The fourth-order valence-corrected chi connectivity index (χ4v) is 0.594. The van der Waals surface area contributed by atoms with Gasteiger partial charge in [-0.1, -0.05) is 0 Å². The number of hydrogen-bond acceptors (Lipinski definition) is 1. The predicted octanol–water partition coefficient (Wildman–Crippen LogP) is 1.06. The van der Waals surface area contributed by atoms with Crippen molar-refractivity contribution in [3.05, 3.63) is 12.3 Å². The van der Waals surface area contributed by atoms with Crippen molar-refractivity contribution in [2.45, 2.75) is 13.3 Å². The summed E-state index contributed by atoms with van der Waals surface area (Å²) in [5.74, 6) is 0.299. The predicted molar refractivity (Wildman–Crippen MR) is 30.9 cm³/mol. The Balaban J connectivity index is 2.57. The van der Waals surface area contributed by atoms with Gasteiger partial charge in [-0.25, -0.2) is 0 Å². The van der Waals surface area contributed by atoms with E-state index in [2.05, 4.69) is 4.74 Å². The second-order valence-corrected chi connectivity index (χ2v) is 1.96. The molecule has 1 unspecified atom stereocenters. The minimum absolute atomic E-state index is 0.132. The largest absolute Gasteiger partial charge is 0.491 e. The first kappa shape index (κ1) is 5.35. The SMILES string of the molecule is CC1CC=COC1=[OH+]. The monoisotopic (exact) mass is 113 g/mol. The van der Waals surface area contributed by atoms with E-state index in [-0.39, 0.29) is 11.9 Å². The molecule has 0 amide bonds. The van der Waals surface area contributed by atoms with E-state index >= 15 is 0 Å². The highest BCUT2D eigenvalue weighted by Crippen LogP contribution is 2.09. The molecule has 0 saturated heterocycles. The number of allylic oxidation sites excluding steroid dienone is 1. The van der Waals surface area contributed by atoms with Crippen molar-refractivity contribution in [3.63, 3.8) is 0 Å². The van der Waals surface area contributed by atoms with Crippen LogP contribution in [0.5, 0.6) is 0 Å². The third-order valence-corrected chi connectivity index (χ3v) is 1.20. The fourth-order valence-electron chi connectivity index (χ4n) is 0.594. The quantitative estimate of drug-likeness (QED) is 0.341. The number of esters is 1. The van der Waals surface area contributed by atoms with Crippen LogP contribution in [0.15, 0.2) is 12.3 Å². The molecule has 0 bridgehead atoms. The maximum absolute atomic E-state index is 8.82. The lowest BCUT2D eigenvalue weighted by Gasteiger charge is -2.01. The molecule has 1 heterocycles. The smallest absolute Gasteiger partial charge is 0.338 e. The summed E-state index contributed by atoms with van der Waals surface area (Å²) in [6.45, 7) is 1.92. The molecule has 0 saturated carbocycles. The molecule has 0 radical (unpaired) electrons. The van der Waals surface area contributed by atoms with Crippen LogP contribution >= 0.6 is 0 Å². The lowest BCUT2D eigenvalue weighted by atomic mass is 10.1. The summed E-state index contributed by atoms with van der Waals surface area (Å²) < 4.78 is 4.68. The van der Waals surface area contributed by atoms with E-state index in [4.69, 9.17) is 4.79 Å². The van der Waals surface area contributed by atoms with E-state index in [1.54, 1.807) is 0 Å². The summed E-state index contributed by atoms with van der Waals surface area (Å²) >= 11 is 0. The van der Waals surface area contributed by atoms with Crippen LogP contribution in [0, 0.1) is 5.92 Å². The maximum Gasteiger partial charge on any atom is 0.491 e. The van der Waals surface area contributed by atoms with Gasteiger partial charge >= 0.3 is 5.97 Å². The molecule has 1 atom stereocenters. The molecular formula is C6H9O2+. The van der Waals surface area contributed by atoms with Crippen LogP contribution in [-0.4, -0.2) is 10.8 Å². The molecule has 2 nitrogen and oxygen atoms in total. The topological polar surface area (TPSA) is 30.6 Å². The van der Waals surface area contributed by atoms with Crippen LogP contribution in [0.1, 0.15) is 13.3 Å². The second-order valence-electron chi connectivity index (χ2n) is 1.96. The van der Waals surface area contributed by atoms with Crippen molar-refractivity contribution in [2.75, 3.05) is 0 Å². The van der Waals surface area contributed by atoms with Crippen molar-refractivity contribution in [1.82, 2.24) is 0 Å². The van der Waals surface area contributed by atoms with Crippen LogP contribution < -0.4 is 0 Å². The van der Waals surface area contributed by atoms with Gasteiger partial charge in [0.15, 0.2) is 0 Å². The van der Waals surface area contributed by atoms with Gasteiger partial charge in [-0.15, -0.1) is 0 Å². The Bertz CT molecular complexity index is 126. The highest BCUT2D eigenvalue weighted by atomic mass is 16.5. The molecule has 1 N–H and O–H groups in total.